The maximum absolute atomic E-state index is 13.0. The molecular formula is C21H30F3N3O4. The van der Waals surface area contributed by atoms with E-state index in [0.29, 0.717) is 43.6 Å². The number of hydrogen-bond acceptors (Lipinski definition) is 5. The summed E-state index contributed by atoms with van der Waals surface area (Å²) in [6, 6.07) is -0.116. The molecule has 4 bridgehead atoms. The van der Waals surface area contributed by atoms with Crippen molar-refractivity contribution in [1.82, 2.24) is 9.78 Å². The summed E-state index contributed by atoms with van der Waals surface area (Å²) in [5.41, 5.74) is 3.76. The molecule has 10 heteroatoms. The third-order valence-corrected chi connectivity index (χ3v) is 7.62. The molecule has 0 saturated heterocycles. The van der Waals surface area contributed by atoms with Gasteiger partial charge in [-0.3, -0.25) is 4.68 Å². The summed E-state index contributed by atoms with van der Waals surface area (Å²) in [5, 5.41) is 31.9. The summed E-state index contributed by atoms with van der Waals surface area (Å²) in [7, 11) is 0. The van der Waals surface area contributed by atoms with E-state index < -0.39 is 35.5 Å². The van der Waals surface area contributed by atoms with Gasteiger partial charge in [0.15, 0.2) is 5.69 Å². The molecule has 2 unspecified atom stereocenters. The minimum atomic E-state index is -4.76. The normalized spacial score (nSPS) is 39.2. The fourth-order valence-electron chi connectivity index (χ4n) is 6.40. The number of hydrogen-bond donors (Lipinski definition) is 4. The molecule has 0 aromatic carbocycles. The predicted molar refractivity (Wildman–Crippen MR) is 104 cm³/mol. The summed E-state index contributed by atoms with van der Waals surface area (Å²) in [6.07, 6.45) is 2.58. The van der Waals surface area contributed by atoms with Crippen molar-refractivity contribution in [3.05, 3.63) is 17.5 Å². The number of aliphatic hydroxyl groups excluding tert-OH is 1. The Morgan fingerprint density at radius 1 is 1.13 bits per heavy atom. The van der Waals surface area contributed by atoms with Gasteiger partial charge in [-0.2, -0.15) is 18.3 Å². The molecule has 1 aromatic rings. The van der Waals surface area contributed by atoms with E-state index >= 15 is 0 Å². The zero-order chi connectivity index (χ0) is 22.6. The highest BCUT2D eigenvalue weighted by Gasteiger charge is 2.53. The first-order chi connectivity index (χ1) is 14.5. The fraction of sp³-hybridized carbons (Fsp3) is 0.810. The summed E-state index contributed by atoms with van der Waals surface area (Å²) < 4.78 is 39.6. The smallest absolute Gasteiger partial charge is 0.433 e. The lowest BCUT2D eigenvalue weighted by Gasteiger charge is -2.57. The number of alkyl halides is 3. The van der Waals surface area contributed by atoms with E-state index in [0.717, 1.165) is 36.1 Å². The average molecular weight is 445 g/mol. The Bertz CT molecular complexity index is 803. The third kappa shape index (κ3) is 4.47. The van der Waals surface area contributed by atoms with Gasteiger partial charge in [-0.1, -0.05) is 0 Å². The SMILES string of the molecule is NC1C2CC3CC1CC(O)(C3)C2.O=C(O)c1cnn(C2CCC(O)CC2)c1C(F)(F)F. The molecule has 174 valence electrons. The minimum absolute atomic E-state index is 0.299. The maximum atomic E-state index is 13.0. The molecular weight excluding hydrogens is 415 g/mol. The van der Waals surface area contributed by atoms with Gasteiger partial charge < -0.3 is 21.1 Å². The van der Waals surface area contributed by atoms with Crippen molar-refractivity contribution < 1.29 is 33.3 Å². The molecule has 1 aromatic heterocycles. The number of aliphatic hydroxyl groups is 2. The molecule has 0 spiro atoms. The van der Waals surface area contributed by atoms with Crippen LogP contribution in [0.2, 0.25) is 0 Å². The van der Waals surface area contributed by atoms with Gasteiger partial charge in [0, 0.05) is 6.04 Å². The zero-order valence-electron chi connectivity index (χ0n) is 17.3. The minimum Gasteiger partial charge on any atom is -0.478 e. The Morgan fingerprint density at radius 2 is 1.71 bits per heavy atom. The predicted octanol–water partition coefficient (Wildman–Crippen LogP) is 2.96. The average Bonchev–Trinajstić information content (AvgIpc) is 3.12. The first-order valence-corrected chi connectivity index (χ1v) is 11.0. The highest BCUT2D eigenvalue weighted by molar-refractivity contribution is 5.88. The molecule has 5 fully saturated rings. The van der Waals surface area contributed by atoms with Crippen LogP contribution in [0, 0.1) is 17.8 Å². The van der Waals surface area contributed by atoms with Crippen LogP contribution in [0.4, 0.5) is 13.2 Å². The van der Waals surface area contributed by atoms with Gasteiger partial charge in [0.25, 0.3) is 0 Å². The maximum Gasteiger partial charge on any atom is 0.433 e. The van der Waals surface area contributed by atoms with E-state index in [1.807, 2.05) is 0 Å². The van der Waals surface area contributed by atoms with Crippen LogP contribution in [-0.4, -0.2) is 48.8 Å². The van der Waals surface area contributed by atoms with Crippen LogP contribution in [0.15, 0.2) is 6.20 Å². The first-order valence-electron chi connectivity index (χ1n) is 11.0. The molecule has 5 aliphatic rings. The van der Waals surface area contributed by atoms with Gasteiger partial charge in [0.2, 0.25) is 0 Å². The number of carboxylic acid groups (broad SMARTS) is 1. The first kappa shape index (κ1) is 22.5. The van der Waals surface area contributed by atoms with Crippen molar-refractivity contribution >= 4 is 5.97 Å². The Hall–Kier alpha value is -1.65. The summed E-state index contributed by atoms with van der Waals surface area (Å²) in [5.74, 6) is 0.434. The topological polar surface area (TPSA) is 122 Å². The number of nitrogens with two attached hydrogens (primary N) is 1. The molecule has 0 radical (unpaired) electrons. The van der Waals surface area contributed by atoms with Crippen LogP contribution in [-0.2, 0) is 6.18 Å². The van der Waals surface area contributed by atoms with Crippen LogP contribution in [0.3, 0.4) is 0 Å². The third-order valence-electron chi connectivity index (χ3n) is 7.62. The van der Waals surface area contributed by atoms with Gasteiger partial charge in [-0.05, 0) is 75.5 Å². The molecule has 7 nitrogen and oxygen atoms in total. The summed E-state index contributed by atoms with van der Waals surface area (Å²) in [4.78, 5) is 10.8. The van der Waals surface area contributed by atoms with Gasteiger partial charge in [0.05, 0.1) is 23.9 Å². The van der Waals surface area contributed by atoms with Crippen molar-refractivity contribution in [3.8, 4) is 0 Å². The molecule has 5 aliphatic carbocycles. The highest BCUT2D eigenvalue weighted by Crippen LogP contribution is 2.55. The van der Waals surface area contributed by atoms with Gasteiger partial charge in [0.1, 0.15) is 5.56 Å². The van der Waals surface area contributed by atoms with E-state index in [-0.39, 0.29) is 5.60 Å². The molecule has 5 N–H and O–H groups in total. The van der Waals surface area contributed by atoms with Crippen LogP contribution in [0.5, 0.6) is 0 Å². The van der Waals surface area contributed by atoms with Gasteiger partial charge in [-0.15, -0.1) is 0 Å². The zero-order valence-corrected chi connectivity index (χ0v) is 17.3. The number of carboxylic acids is 1. The summed E-state index contributed by atoms with van der Waals surface area (Å²) in [6.45, 7) is 0. The standard InChI is InChI=1S/C11H13F3N2O3.C10H17NO/c12-11(13,14)9-8(10(18)19)5-15-16(9)6-1-3-7(17)4-2-6;11-9-7-1-6-2-8(9)5-10(12,3-6)4-7/h5-7,17H,1-4H2,(H,18,19);6-9,12H,1-5,11H2. The number of aromatic carboxylic acids is 1. The van der Waals surface area contributed by atoms with E-state index in [1.54, 1.807) is 0 Å². The Morgan fingerprint density at radius 3 is 2.19 bits per heavy atom. The second-order valence-corrected chi connectivity index (χ2v) is 9.89. The lowest BCUT2D eigenvalue weighted by atomic mass is 9.52. The van der Waals surface area contributed by atoms with Gasteiger partial charge >= 0.3 is 12.1 Å². The van der Waals surface area contributed by atoms with Crippen molar-refractivity contribution in [2.75, 3.05) is 0 Å². The number of nitrogens with zero attached hydrogens (tertiary/aromatic N) is 2. The quantitative estimate of drug-likeness (QED) is 0.555. The highest BCUT2D eigenvalue weighted by atomic mass is 19.4. The van der Waals surface area contributed by atoms with Crippen LogP contribution in [0.1, 0.15) is 79.9 Å². The molecule has 6 rings (SSSR count). The van der Waals surface area contributed by atoms with Crippen molar-refractivity contribution in [1.29, 1.82) is 0 Å². The van der Waals surface area contributed by atoms with E-state index in [4.69, 9.17) is 10.8 Å². The van der Waals surface area contributed by atoms with E-state index in [1.165, 1.54) is 12.8 Å². The van der Waals surface area contributed by atoms with Crippen LogP contribution >= 0.6 is 0 Å². The molecule has 31 heavy (non-hydrogen) atoms. The second kappa shape index (κ2) is 8.04. The number of aromatic nitrogens is 2. The van der Waals surface area contributed by atoms with E-state index in [9.17, 15) is 28.2 Å². The second-order valence-electron chi connectivity index (χ2n) is 9.89. The van der Waals surface area contributed by atoms with E-state index in [2.05, 4.69) is 5.10 Å². The largest absolute Gasteiger partial charge is 0.478 e. The Balaban J connectivity index is 0.000000163. The fourth-order valence-corrected chi connectivity index (χ4v) is 6.40. The molecule has 5 saturated carbocycles. The molecule has 0 aliphatic heterocycles. The Kier molecular flexibility index (Phi) is 5.85. The Labute approximate surface area is 178 Å². The lowest BCUT2D eigenvalue weighted by molar-refractivity contribution is -0.145. The van der Waals surface area contributed by atoms with Crippen LogP contribution in [0.25, 0.3) is 0 Å². The molecule has 1 heterocycles. The van der Waals surface area contributed by atoms with Crippen molar-refractivity contribution in [2.24, 2.45) is 23.5 Å². The van der Waals surface area contributed by atoms with Gasteiger partial charge in [-0.25, -0.2) is 4.79 Å². The molecule has 0 amide bonds. The summed E-state index contributed by atoms with van der Waals surface area (Å²) >= 11 is 0. The number of halogens is 3. The lowest BCUT2D eigenvalue weighted by Crippen LogP contribution is -2.59. The number of carbonyl (C=O) groups is 1. The van der Waals surface area contributed by atoms with Crippen molar-refractivity contribution in [3.63, 3.8) is 0 Å². The monoisotopic (exact) mass is 445 g/mol. The number of rotatable bonds is 2. The molecule has 2 atom stereocenters. The van der Waals surface area contributed by atoms with Crippen molar-refractivity contribution in [2.45, 2.75) is 87.8 Å². The van der Waals surface area contributed by atoms with Crippen LogP contribution < -0.4 is 5.73 Å².